The van der Waals surface area contributed by atoms with Gasteiger partial charge in [0.2, 0.25) is 0 Å². The number of rotatable bonds is 2. The molecule has 0 saturated heterocycles. The second-order valence-corrected chi connectivity index (χ2v) is 5.57. The fourth-order valence-electron chi connectivity index (χ4n) is 2.57. The normalized spacial score (nSPS) is 19.5. The molecule has 1 fully saturated rings. The van der Waals surface area contributed by atoms with Crippen molar-refractivity contribution in [3.05, 3.63) is 29.0 Å². The highest BCUT2D eigenvalue weighted by Crippen LogP contribution is 2.44. The summed E-state index contributed by atoms with van der Waals surface area (Å²) in [5, 5.41) is 0.732. The van der Waals surface area contributed by atoms with Crippen LogP contribution in [0.25, 0.3) is 11.0 Å². The van der Waals surface area contributed by atoms with Crippen molar-refractivity contribution < 1.29 is 0 Å². The Kier molecular flexibility index (Phi) is 2.25. The lowest BCUT2D eigenvalue weighted by molar-refractivity contribution is 0.391. The molecule has 1 saturated carbocycles. The van der Waals surface area contributed by atoms with Crippen LogP contribution in [-0.2, 0) is 12.6 Å². The van der Waals surface area contributed by atoms with Crippen molar-refractivity contribution in [2.24, 2.45) is 18.7 Å². The summed E-state index contributed by atoms with van der Waals surface area (Å²) in [7, 11) is 1.99. The van der Waals surface area contributed by atoms with Gasteiger partial charge in [-0.2, -0.15) is 0 Å². The molecule has 4 heteroatoms. The lowest BCUT2D eigenvalue weighted by atomic mass is 9.96. The first kappa shape index (κ1) is 11.1. The molecule has 1 heterocycles. The predicted octanol–water partition coefficient (Wildman–Crippen LogP) is 2.81. The van der Waals surface area contributed by atoms with Crippen molar-refractivity contribution in [1.29, 1.82) is 0 Å². The highest BCUT2D eigenvalue weighted by atomic mass is 35.5. The molecule has 0 amide bonds. The maximum Gasteiger partial charge on any atom is 0.129 e. The van der Waals surface area contributed by atoms with E-state index in [0.717, 1.165) is 21.9 Å². The van der Waals surface area contributed by atoms with Crippen molar-refractivity contribution in [1.82, 2.24) is 9.55 Å². The number of aryl methyl sites for hydroxylation is 1. The summed E-state index contributed by atoms with van der Waals surface area (Å²) in [6.45, 7) is 2.07. The van der Waals surface area contributed by atoms with Crippen LogP contribution >= 0.6 is 11.6 Å². The molecule has 0 radical (unpaired) electrons. The monoisotopic (exact) mass is 249 g/mol. The van der Waals surface area contributed by atoms with Crippen molar-refractivity contribution in [2.75, 3.05) is 0 Å². The lowest BCUT2D eigenvalue weighted by Crippen LogP contribution is -2.38. The van der Waals surface area contributed by atoms with E-state index in [1.54, 1.807) is 0 Å². The Morgan fingerprint density at radius 1 is 1.47 bits per heavy atom. The van der Waals surface area contributed by atoms with Gasteiger partial charge >= 0.3 is 0 Å². The van der Waals surface area contributed by atoms with Crippen LogP contribution in [0.5, 0.6) is 0 Å². The summed E-state index contributed by atoms with van der Waals surface area (Å²) in [4.78, 5) is 4.66. The summed E-state index contributed by atoms with van der Waals surface area (Å²) in [5.74, 6) is 1.49. The van der Waals surface area contributed by atoms with Crippen LogP contribution < -0.4 is 5.73 Å². The number of benzene rings is 1. The van der Waals surface area contributed by atoms with Gasteiger partial charge in [0, 0.05) is 7.05 Å². The predicted molar refractivity (Wildman–Crippen MR) is 70.0 cm³/mol. The van der Waals surface area contributed by atoms with E-state index in [4.69, 9.17) is 17.3 Å². The topological polar surface area (TPSA) is 43.8 Å². The number of aromatic nitrogens is 2. The van der Waals surface area contributed by atoms with E-state index in [1.807, 2.05) is 29.8 Å². The molecule has 1 aliphatic rings. The number of hydrogen-bond donors (Lipinski definition) is 1. The van der Waals surface area contributed by atoms with E-state index in [1.165, 1.54) is 12.8 Å². The standard InChI is InChI=1S/C13H16ClN3/c1-13(15,8-6-7-8)12-16-10-5-3-4-9(14)11(10)17(12)2/h3-5,8H,6-7,15H2,1-2H3. The average molecular weight is 250 g/mol. The number of fused-ring (bicyclic) bond motifs is 1. The SMILES string of the molecule is Cn1c(C(C)(N)C2CC2)nc2cccc(Cl)c21. The van der Waals surface area contributed by atoms with Gasteiger partial charge < -0.3 is 10.3 Å². The van der Waals surface area contributed by atoms with Crippen LogP contribution in [-0.4, -0.2) is 9.55 Å². The fraction of sp³-hybridized carbons (Fsp3) is 0.462. The summed E-state index contributed by atoms with van der Waals surface area (Å²) in [6.07, 6.45) is 2.40. The van der Waals surface area contributed by atoms with Crippen molar-refractivity contribution in [3.8, 4) is 0 Å². The third-order valence-corrected chi connectivity index (χ3v) is 4.06. The number of imidazole rings is 1. The Morgan fingerprint density at radius 3 is 2.76 bits per heavy atom. The van der Waals surface area contributed by atoms with E-state index in [2.05, 4.69) is 11.9 Å². The van der Waals surface area contributed by atoms with E-state index >= 15 is 0 Å². The summed E-state index contributed by atoms with van der Waals surface area (Å²) in [5.41, 5.74) is 7.98. The van der Waals surface area contributed by atoms with Gasteiger partial charge in [0.05, 0.1) is 21.6 Å². The van der Waals surface area contributed by atoms with Gasteiger partial charge in [0.15, 0.2) is 0 Å². The molecule has 1 aromatic carbocycles. The molecule has 0 aliphatic heterocycles. The zero-order valence-electron chi connectivity index (χ0n) is 10.1. The summed E-state index contributed by atoms with van der Waals surface area (Å²) in [6, 6.07) is 5.79. The van der Waals surface area contributed by atoms with Crippen LogP contribution in [0.3, 0.4) is 0 Å². The molecule has 2 N–H and O–H groups in total. The van der Waals surface area contributed by atoms with Gasteiger partial charge in [-0.25, -0.2) is 4.98 Å². The Morgan fingerprint density at radius 2 is 2.18 bits per heavy atom. The smallest absolute Gasteiger partial charge is 0.129 e. The Hall–Kier alpha value is -1.06. The molecule has 0 spiro atoms. The van der Waals surface area contributed by atoms with Crippen LogP contribution in [0.1, 0.15) is 25.6 Å². The van der Waals surface area contributed by atoms with Gasteiger partial charge in [0.25, 0.3) is 0 Å². The second kappa shape index (κ2) is 3.47. The van der Waals surface area contributed by atoms with Gasteiger partial charge in [0.1, 0.15) is 5.82 Å². The van der Waals surface area contributed by atoms with E-state index < -0.39 is 0 Å². The second-order valence-electron chi connectivity index (χ2n) is 5.16. The Bertz CT molecular complexity index is 582. The van der Waals surface area contributed by atoms with Gasteiger partial charge in [-0.3, -0.25) is 0 Å². The van der Waals surface area contributed by atoms with Crippen molar-refractivity contribution in [3.63, 3.8) is 0 Å². The molecule has 2 aromatic rings. The van der Waals surface area contributed by atoms with Crippen LogP contribution in [0.4, 0.5) is 0 Å². The van der Waals surface area contributed by atoms with Crippen molar-refractivity contribution in [2.45, 2.75) is 25.3 Å². The molecule has 1 aromatic heterocycles. The lowest BCUT2D eigenvalue weighted by Gasteiger charge is -2.23. The third kappa shape index (κ3) is 1.57. The zero-order valence-corrected chi connectivity index (χ0v) is 10.8. The van der Waals surface area contributed by atoms with E-state index in [9.17, 15) is 0 Å². The largest absolute Gasteiger partial charge is 0.328 e. The first-order valence-corrected chi connectivity index (χ1v) is 6.30. The minimum atomic E-state index is -0.350. The average Bonchev–Trinajstić information content (AvgIpc) is 3.05. The van der Waals surface area contributed by atoms with Crippen molar-refractivity contribution >= 4 is 22.6 Å². The van der Waals surface area contributed by atoms with Crippen LogP contribution in [0, 0.1) is 5.92 Å². The highest BCUT2D eigenvalue weighted by molar-refractivity contribution is 6.35. The maximum absolute atomic E-state index is 6.43. The molecule has 1 unspecified atom stereocenters. The summed E-state index contributed by atoms with van der Waals surface area (Å²) < 4.78 is 2.04. The van der Waals surface area contributed by atoms with Gasteiger partial charge in [-0.15, -0.1) is 0 Å². The molecule has 90 valence electrons. The van der Waals surface area contributed by atoms with Crippen LogP contribution in [0.2, 0.25) is 5.02 Å². The molecular formula is C13H16ClN3. The molecule has 17 heavy (non-hydrogen) atoms. The molecule has 3 rings (SSSR count). The van der Waals surface area contributed by atoms with E-state index in [-0.39, 0.29) is 5.54 Å². The number of halogens is 1. The molecule has 0 bridgehead atoms. The minimum absolute atomic E-state index is 0.350. The fourth-order valence-corrected chi connectivity index (χ4v) is 2.86. The quantitative estimate of drug-likeness (QED) is 0.890. The number of nitrogens with zero attached hydrogens (tertiary/aromatic N) is 2. The Balaban J connectivity index is 2.24. The van der Waals surface area contributed by atoms with Crippen LogP contribution in [0.15, 0.2) is 18.2 Å². The molecular weight excluding hydrogens is 234 g/mol. The minimum Gasteiger partial charge on any atom is -0.328 e. The highest BCUT2D eigenvalue weighted by Gasteiger charge is 2.42. The van der Waals surface area contributed by atoms with E-state index in [0.29, 0.717) is 5.92 Å². The van der Waals surface area contributed by atoms with Gasteiger partial charge in [-0.1, -0.05) is 17.7 Å². The first-order valence-electron chi connectivity index (χ1n) is 5.92. The number of hydrogen-bond acceptors (Lipinski definition) is 2. The molecule has 1 aliphatic carbocycles. The molecule has 3 nitrogen and oxygen atoms in total. The number of para-hydroxylation sites is 1. The summed E-state index contributed by atoms with van der Waals surface area (Å²) >= 11 is 6.22. The number of nitrogens with two attached hydrogens (primary N) is 1. The Labute approximate surface area is 106 Å². The maximum atomic E-state index is 6.43. The first-order chi connectivity index (χ1) is 8.01. The molecule has 1 atom stereocenters. The van der Waals surface area contributed by atoms with Gasteiger partial charge in [-0.05, 0) is 37.8 Å². The zero-order chi connectivity index (χ0) is 12.2. The third-order valence-electron chi connectivity index (χ3n) is 3.75.